The van der Waals surface area contributed by atoms with Crippen LogP contribution in [0.3, 0.4) is 0 Å². The molecule has 7 heteroatoms. The van der Waals surface area contributed by atoms with Crippen molar-refractivity contribution in [3.8, 4) is 5.69 Å². The molecule has 0 aliphatic carbocycles. The average molecular weight is 511 g/mol. The van der Waals surface area contributed by atoms with E-state index in [1.54, 1.807) is 21.9 Å². The Balaban J connectivity index is 1.52. The van der Waals surface area contributed by atoms with Crippen molar-refractivity contribution in [3.05, 3.63) is 113 Å². The van der Waals surface area contributed by atoms with Crippen LogP contribution in [0.2, 0.25) is 0 Å². The Hall–Kier alpha value is -4.39. The van der Waals surface area contributed by atoms with E-state index in [2.05, 4.69) is 9.88 Å². The molecule has 4 aromatic rings. The SMILES string of the molecule is Cc1cccc(C)c1NC(=O)N(CC(=O)N1c2ccccc2-n2cccc2C1c1ccc(F)cc1)C(C)C. The normalized spacial score (nSPS) is 14.2. The second-order valence-corrected chi connectivity index (χ2v) is 9.93. The topological polar surface area (TPSA) is 57.6 Å². The zero-order chi connectivity index (χ0) is 27.0. The van der Waals surface area contributed by atoms with Crippen LogP contribution in [-0.4, -0.2) is 34.0 Å². The predicted molar refractivity (Wildman–Crippen MR) is 148 cm³/mol. The van der Waals surface area contributed by atoms with Gasteiger partial charge in [-0.3, -0.25) is 9.69 Å². The van der Waals surface area contributed by atoms with Crippen molar-refractivity contribution in [3.63, 3.8) is 0 Å². The molecule has 0 bridgehead atoms. The van der Waals surface area contributed by atoms with Gasteiger partial charge < -0.3 is 14.8 Å². The molecule has 38 heavy (non-hydrogen) atoms. The van der Waals surface area contributed by atoms with E-state index in [1.165, 1.54) is 12.1 Å². The van der Waals surface area contributed by atoms with Gasteiger partial charge in [0.2, 0.25) is 5.91 Å². The van der Waals surface area contributed by atoms with Crippen LogP contribution in [0.1, 0.15) is 42.3 Å². The zero-order valence-corrected chi connectivity index (χ0v) is 22.0. The standard InChI is InChI=1S/C31H31FN4O2/c1-20(2)35(31(38)33-29-21(3)9-7-10-22(29)4)19-28(37)36-26-12-6-5-11-25(26)34-18-8-13-27(34)30(36)23-14-16-24(32)17-15-23/h5-18,20,30H,19H2,1-4H3,(H,33,38). The Morgan fingerprint density at radius 3 is 2.21 bits per heavy atom. The van der Waals surface area contributed by atoms with E-state index in [4.69, 9.17) is 0 Å². The summed E-state index contributed by atoms with van der Waals surface area (Å²) in [6.07, 6.45) is 1.96. The highest BCUT2D eigenvalue weighted by molar-refractivity contribution is 6.01. The smallest absolute Gasteiger partial charge is 0.316 e. The minimum atomic E-state index is -0.483. The van der Waals surface area contributed by atoms with Crippen LogP contribution in [-0.2, 0) is 4.79 Å². The quantitative estimate of drug-likeness (QED) is 0.328. The number of para-hydroxylation sites is 3. The van der Waals surface area contributed by atoms with Gasteiger partial charge in [0.1, 0.15) is 18.4 Å². The number of amides is 3. The molecule has 1 aromatic heterocycles. The number of hydrogen-bond acceptors (Lipinski definition) is 2. The lowest BCUT2D eigenvalue weighted by atomic mass is 9.97. The number of rotatable bonds is 5. The summed E-state index contributed by atoms with van der Waals surface area (Å²) in [5, 5.41) is 3.02. The molecule has 5 rings (SSSR count). The molecule has 0 fully saturated rings. The van der Waals surface area contributed by atoms with E-state index in [9.17, 15) is 14.0 Å². The van der Waals surface area contributed by atoms with Crippen molar-refractivity contribution < 1.29 is 14.0 Å². The molecule has 0 saturated carbocycles. The third-order valence-corrected chi connectivity index (χ3v) is 7.08. The molecule has 0 spiro atoms. The highest BCUT2D eigenvalue weighted by atomic mass is 19.1. The molecule has 194 valence electrons. The first-order chi connectivity index (χ1) is 18.3. The predicted octanol–water partition coefficient (Wildman–Crippen LogP) is 6.61. The van der Waals surface area contributed by atoms with E-state index >= 15 is 0 Å². The second kappa shape index (κ2) is 10.2. The molecule has 3 aromatic carbocycles. The number of aromatic nitrogens is 1. The van der Waals surface area contributed by atoms with Gasteiger partial charge in [-0.2, -0.15) is 0 Å². The average Bonchev–Trinajstić information content (AvgIpc) is 3.39. The first-order valence-electron chi connectivity index (χ1n) is 12.7. The third-order valence-electron chi connectivity index (χ3n) is 7.08. The number of halogens is 1. The fourth-order valence-electron chi connectivity index (χ4n) is 5.12. The lowest BCUT2D eigenvalue weighted by Crippen LogP contribution is -2.49. The van der Waals surface area contributed by atoms with E-state index < -0.39 is 6.04 Å². The Morgan fingerprint density at radius 2 is 1.55 bits per heavy atom. The van der Waals surface area contributed by atoms with Crippen molar-refractivity contribution in [2.45, 2.75) is 39.8 Å². The lowest BCUT2D eigenvalue weighted by molar-refractivity contribution is -0.119. The van der Waals surface area contributed by atoms with E-state index in [0.29, 0.717) is 0 Å². The van der Waals surface area contributed by atoms with Crippen molar-refractivity contribution in [1.82, 2.24) is 9.47 Å². The number of anilines is 2. The fourth-order valence-corrected chi connectivity index (χ4v) is 5.12. The molecular weight excluding hydrogens is 479 g/mol. The van der Waals surface area contributed by atoms with Gasteiger partial charge in [-0.15, -0.1) is 0 Å². The molecule has 3 amide bonds. The van der Waals surface area contributed by atoms with Crippen LogP contribution >= 0.6 is 0 Å². The zero-order valence-electron chi connectivity index (χ0n) is 22.0. The van der Waals surface area contributed by atoms with Crippen LogP contribution in [0.5, 0.6) is 0 Å². The monoisotopic (exact) mass is 510 g/mol. The van der Waals surface area contributed by atoms with E-state index in [-0.39, 0.29) is 30.3 Å². The van der Waals surface area contributed by atoms with Crippen molar-refractivity contribution in [1.29, 1.82) is 0 Å². The Labute approximate surface area is 222 Å². The second-order valence-electron chi connectivity index (χ2n) is 9.93. The maximum atomic E-state index is 14.2. The molecule has 0 saturated heterocycles. The summed E-state index contributed by atoms with van der Waals surface area (Å²) in [7, 11) is 0. The summed E-state index contributed by atoms with van der Waals surface area (Å²) in [6.45, 7) is 7.55. The van der Waals surface area contributed by atoms with Crippen LogP contribution in [0.25, 0.3) is 5.69 Å². The van der Waals surface area contributed by atoms with E-state index in [0.717, 1.165) is 39.4 Å². The maximum absolute atomic E-state index is 14.2. The van der Waals surface area contributed by atoms with Crippen LogP contribution in [0.15, 0.2) is 85.1 Å². The van der Waals surface area contributed by atoms with Gasteiger partial charge in [0.15, 0.2) is 0 Å². The first-order valence-corrected chi connectivity index (χ1v) is 12.7. The summed E-state index contributed by atoms with van der Waals surface area (Å²) in [5.74, 6) is -0.572. The Morgan fingerprint density at radius 1 is 0.895 bits per heavy atom. The summed E-state index contributed by atoms with van der Waals surface area (Å²) < 4.78 is 15.9. The molecule has 1 aliphatic heterocycles. The number of hydrogen-bond donors (Lipinski definition) is 1. The van der Waals surface area contributed by atoms with Gasteiger partial charge in [-0.1, -0.05) is 42.5 Å². The van der Waals surface area contributed by atoms with Crippen molar-refractivity contribution in [2.24, 2.45) is 0 Å². The summed E-state index contributed by atoms with van der Waals surface area (Å²) in [6, 6.07) is 22.6. The number of carbonyl (C=O) groups excluding carboxylic acids is 2. The highest BCUT2D eigenvalue weighted by Crippen LogP contribution is 2.42. The number of nitrogens with zero attached hydrogens (tertiary/aromatic N) is 3. The van der Waals surface area contributed by atoms with Gasteiger partial charge in [0.25, 0.3) is 0 Å². The van der Waals surface area contributed by atoms with Crippen LogP contribution in [0, 0.1) is 19.7 Å². The van der Waals surface area contributed by atoms with Gasteiger partial charge in [0.05, 0.1) is 17.1 Å². The lowest BCUT2D eigenvalue weighted by Gasteiger charge is -2.40. The van der Waals surface area contributed by atoms with E-state index in [1.807, 2.05) is 88.5 Å². The van der Waals surface area contributed by atoms with Crippen LogP contribution in [0.4, 0.5) is 20.6 Å². The van der Waals surface area contributed by atoms with Gasteiger partial charge in [-0.05, 0) is 80.8 Å². The van der Waals surface area contributed by atoms with Crippen molar-refractivity contribution in [2.75, 3.05) is 16.8 Å². The maximum Gasteiger partial charge on any atom is 0.322 e. The summed E-state index contributed by atoms with van der Waals surface area (Å²) in [4.78, 5) is 30.9. The minimum absolute atomic E-state index is 0.124. The number of carbonyl (C=O) groups is 2. The van der Waals surface area contributed by atoms with Gasteiger partial charge in [0, 0.05) is 17.9 Å². The Bertz CT molecular complexity index is 1470. The number of nitrogens with one attached hydrogen (secondary N) is 1. The molecule has 6 nitrogen and oxygen atoms in total. The molecule has 1 N–H and O–H groups in total. The first kappa shape index (κ1) is 25.3. The summed E-state index contributed by atoms with van der Waals surface area (Å²) >= 11 is 0. The van der Waals surface area contributed by atoms with Crippen LogP contribution < -0.4 is 10.2 Å². The third kappa shape index (κ3) is 4.56. The number of fused-ring (bicyclic) bond motifs is 3. The highest BCUT2D eigenvalue weighted by Gasteiger charge is 2.37. The minimum Gasteiger partial charge on any atom is -0.316 e. The molecule has 1 unspecified atom stereocenters. The molecule has 2 heterocycles. The molecular formula is C31H31FN4O2. The molecule has 0 radical (unpaired) electrons. The number of aryl methyl sites for hydroxylation is 2. The van der Waals surface area contributed by atoms with Gasteiger partial charge in [-0.25, -0.2) is 9.18 Å². The van der Waals surface area contributed by atoms with Crippen molar-refractivity contribution >= 4 is 23.3 Å². The number of urea groups is 1. The number of benzene rings is 3. The summed E-state index contributed by atoms with van der Waals surface area (Å²) in [5.41, 5.74) is 5.93. The largest absolute Gasteiger partial charge is 0.322 e. The molecule has 1 atom stereocenters. The van der Waals surface area contributed by atoms with Gasteiger partial charge >= 0.3 is 6.03 Å². The fraction of sp³-hybridized carbons (Fsp3) is 0.226. The Kier molecular flexibility index (Phi) is 6.76. The molecule has 1 aliphatic rings.